The lowest BCUT2D eigenvalue weighted by Crippen LogP contribution is -2.39. The Balaban J connectivity index is 2.59. The lowest BCUT2D eigenvalue weighted by molar-refractivity contribution is -0.138. The van der Waals surface area contributed by atoms with Crippen molar-refractivity contribution in [1.82, 2.24) is 4.90 Å². The SMILES string of the molecule is CC1=C(C#N)C(=O)N(C)C(=O)C1=Cc1ccccc1. The Morgan fingerprint density at radius 2 is 1.79 bits per heavy atom. The van der Waals surface area contributed by atoms with Crippen LogP contribution < -0.4 is 0 Å². The van der Waals surface area contributed by atoms with Crippen molar-refractivity contribution in [2.24, 2.45) is 0 Å². The molecule has 2 amide bonds. The van der Waals surface area contributed by atoms with Crippen LogP contribution in [0.15, 0.2) is 47.1 Å². The molecule has 19 heavy (non-hydrogen) atoms. The van der Waals surface area contributed by atoms with E-state index in [1.54, 1.807) is 13.0 Å². The Labute approximate surface area is 111 Å². The number of imide groups is 1. The highest BCUT2D eigenvalue weighted by Crippen LogP contribution is 2.25. The van der Waals surface area contributed by atoms with Crippen LogP contribution in [0.2, 0.25) is 0 Å². The number of benzene rings is 1. The summed E-state index contributed by atoms with van der Waals surface area (Å²) in [5.41, 5.74) is 1.68. The molecule has 1 aliphatic rings. The second kappa shape index (κ2) is 4.91. The van der Waals surface area contributed by atoms with Crippen LogP contribution in [0.3, 0.4) is 0 Å². The van der Waals surface area contributed by atoms with E-state index in [0.29, 0.717) is 11.1 Å². The molecule has 4 heteroatoms. The smallest absolute Gasteiger partial charge is 0.271 e. The van der Waals surface area contributed by atoms with Crippen molar-refractivity contribution < 1.29 is 9.59 Å². The van der Waals surface area contributed by atoms with Crippen molar-refractivity contribution >= 4 is 17.9 Å². The third-order valence-corrected chi connectivity index (χ3v) is 3.05. The number of nitrogens with zero attached hydrogens (tertiary/aromatic N) is 2. The van der Waals surface area contributed by atoms with E-state index in [1.807, 2.05) is 36.4 Å². The fraction of sp³-hybridized carbons (Fsp3) is 0.133. The van der Waals surface area contributed by atoms with Crippen molar-refractivity contribution in [2.45, 2.75) is 6.92 Å². The summed E-state index contributed by atoms with van der Waals surface area (Å²) in [6.45, 7) is 1.62. The fourth-order valence-corrected chi connectivity index (χ4v) is 1.91. The minimum absolute atomic E-state index is 0.0179. The van der Waals surface area contributed by atoms with Crippen molar-refractivity contribution in [3.63, 3.8) is 0 Å². The molecule has 1 aromatic rings. The lowest BCUT2D eigenvalue weighted by atomic mass is 9.94. The van der Waals surface area contributed by atoms with Gasteiger partial charge < -0.3 is 0 Å². The monoisotopic (exact) mass is 252 g/mol. The van der Waals surface area contributed by atoms with Crippen LogP contribution in [-0.2, 0) is 9.59 Å². The molecular weight excluding hydrogens is 240 g/mol. The predicted octanol–water partition coefficient (Wildman–Crippen LogP) is 1.91. The van der Waals surface area contributed by atoms with Gasteiger partial charge in [-0.25, -0.2) is 0 Å². The molecule has 0 saturated carbocycles. The molecule has 0 unspecified atom stereocenters. The number of hydrogen-bond acceptors (Lipinski definition) is 3. The highest BCUT2D eigenvalue weighted by Gasteiger charge is 2.32. The van der Waals surface area contributed by atoms with E-state index in [2.05, 4.69) is 0 Å². The van der Waals surface area contributed by atoms with Gasteiger partial charge in [0.05, 0.1) is 0 Å². The first kappa shape index (κ1) is 12.8. The van der Waals surface area contributed by atoms with Crippen LogP contribution in [0, 0.1) is 11.3 Å². The molecule has 0 aromatic heterocycles. The first-order valence-corrected chi connectivity index (χ1v) is 5.76. The Kier molecular flexibility index (Phi) is 3.30. The minimum atomic E-state index is -0.546. The van der Waals surface area contributed by atoms with E-state index in [4.69, 9.17) is 5.26 Å². The largest absolute Gasteiger partial charge is 0.277 e. The molecule has 0 saturated heterocycles. The zero-order valence-electron chi connectivity index (χ0n) is 10.7. The minimum Gasteiger partial charge on any atom is -0.277 e. The van der Waals surface area contributed by atoms with Gasteiger partial charge in [0.2, 0.25) is 0 Å². The van der Waals surface area contributed by atoms with Crippen molar-refractivity contribution in [3.8, 4) is 6.07 Å². The quantitative estimate of drug-likeness (QED) is 0.566. The zero-order chi connectivity index (χ0) is 14.0. The summed E-state index contributed by atoms with van der Waals surface area (Å²) in [6, 6.07) is 11.2. The molecule has 1 aromatic carbocycles. The van der Waals surface area contributed by atoms with Gasteiger partial charge in [-0.1, -0.05) is 30.3 Å². The van der Waals surface area contributed by atoms with Crippen LogP contribution in [-0.4, -0.2) is 23.8 Å². The molecule has 0 bridgehead atoms. The number of amides is 2. The molecule has 0 aliphatic carbocycles. The Hall–Kier alpha value is -2.67. The Morgan fingerprint density at radius 1 is 1.16 bits per heavy atom. The summed E-state index contributed by atoms with van der Waals surface area (Å²) in [5.74, 6) is -0.930. The number of rotatable bonds is 1. The standard InChI is InChI=1S/C15H12N2O2/c1-10-12(8-11-6-4-3-5-7-11)14(18)17(2)15(19)13(10)9-16/h3-8H,1-2H3. The number of hydrogen-bond donors (Lipinski definition) is 0. The highest BCUT2D eigenvalue weighted by molar-refractivity contribution is 6.19. The van der Waals surface area contributed by atoms with Gasteiger partial charge in [0.25, 0.3) is 11.8 Å². The van der Waals surface area contributed by atoms with Crippen LogP contribution >= 0.6 is 0 Å². The van der Waals surface area contributed by atoms with Crippen LogP contribution in [0.25, 0.3) is 6.08 Å². The summed E-state index contributed by atoms with van der Waals surface area (Å²) in [5, 5.41) is 9.03. The number of likely N-dealkylation sites (N-methyl/N-ethyl adjacent to an activating group) is 1. The lowest BCUT2D eigenvalue weighted by Gasteiger charge is -2.23. The number of carbonyl (C=O) groups excluding carboxylic acids is 2. The molecule has 2 rings (SSSR count). The maximum atomic E-state index is 12.1. The van der Waals surface area contributed by atoms with Crippen molar-refractivity contribution in [2.75, 3.05) is 7.05 Å². The molecule has 1 heterocycles. The highest BCUT2D eigenvalue weighted by atomic mass is 16.2. The van der Waals surface area contributed by atoms with Gasteiger partial charge in [-0.05, 0) is 24.1 Å². The fourth-order valence-electron chi connectivity index (χ4n) is 1.91. The molecule has 0 N–H and O–H groups in total. The molecule has 94 valence electrons. The van der Waals surface area contributed by atoms with E-state index >= 15 is 0 Å². The molecule has 0 radical (unpaired) electrons. The number of carbonyl (C=O) groups is 2. The maximum Gasteiger partial charge on any atom is 0.271 e. The van der Waals surface area contributed by atoms with Gasteiger partial charge in [-0.3, -0.25) is 14.5 Å². The average Bonchev–Trinajstić information content (AvgIpc) is 2.43. The first-order valence-electron chi connectivity index (χ1n) is 5.76. The average molecular weight is 252 g/mol. The van der Waals surface area contributed by atoms with Gasteiger partial charge in [-0.15, -0.1) is 0 Å². The summed E-state index contributed by atoms with van der Waals surface area (Å²) in [7, 11) is 1.38. The van der Waals surface area contributed by atoms with Crippen molar-refractivity contribution in [3.05, 3.63) is 52.6 Å². The maximum absolute atomic E-state index is 12.1. The first-order chi connectivity index (χ1) is 9.06. The summed E-state index contributed by atoms with van der Waals surface area (Å²) in [4.78, 5) is 24.9. The van der Waals surface area contributed by atoms with E-state index in [-0.39, 0.29) is 11.5 Å². The van der Waals surface area contributed by atoms with E-state index in [1.165, 1.54) is 7.05 Å². The summed E-state index contributed by atoms with van der Waals surface area (Å²) < 4.78 is 0. The topological polar surface area (TPSA) is 61.2 Å². The summed E-state index contributed by atoms with van der Waals surface area (Å²) in [6.07, 6.45) is 1.69. The third kappa shape index (κ3) is 2.18. The van der Waals surface area contributed by atoms with Crippen molar-refractivity contribution in [1.29, 1.82) is 5.26 Å². The van der Waals surface area contributed by atoms with Gasteiger partial charge in [-0.2, -0.15) is 5.26 Å². The van der Waals surface area contributed by atoms with E-state index in [9.17, 15) is 9.59 Å². The Bertz CT molecular complexity index is 648. The van der Waals surface area contributed by atoms with E-state index in [0.717, 1.165) is 10.5 Å². The molecule has 1 aliphatic heterocycles. The van der Waals surface area contributed by atoms with Gasteiger partial charge in [0.15, 0.2) is 0 Å². The van der Waals surface area contributed by atoms with E-state index < -0.39 is 5.91 Å². The molecular formula is C15H12N2O2. The molecule has 0 atom stereocenters. The molecule has 0 spiro atoms. The predicted molar refractivity (Wildman–Crippen MR) is 70.5 cm³/mol. The second-order valence-electron chi connectivity index (χ2n) is 4.25. The zero-order valence-corrected chi connectivity index (χ0v) is 10.7. The van der Waals surface area contributed by atoms with Crippen LogP contribution in [0.1, 0.15) is 12.5 Å². The summed E-state index contributed by atoms with van der Waals surface area (Å²) >= 11 is 0. The van der Waals surface area contributed by atoms with Crippen LogP contribution in [0.5, 0.6) is 0 Å². The van der Waals surface area contributed by atoms with Gasteiger partial charge >= 0.3 is 0 Å². The second-order valence-corrected chi connectivity index (χ2v) is 4.25. The normalized spacial score (nSPS) is 17.9. The van der Waals surface area contributed by atoms with Gasteiger partial charge in [0.1, 0.15) is 11.6 Å². The molecule has 0 fully saturated rings. The molecule has 4 nitrogen and oxygen atoms in total. The number of nitriles is 1. The van der Waals surface area contributed by atoms with Gasteiger partial charge in [0, 0.05) is 12.6 Å². The van der Waals surface area contributed by atoms with Crippen LogP contribution in [0.4, 0.5) is 0 Å². The Morgan fingerprint density at radius 3 is 2.37 bits per heavy atom. The third-order valence-electron chi connectivity index (χ3n) is 3.05.